The average Bonchev–Trinajstić information content (AvgIpc) is 2.82. The van der Waals surface area contributed by atoms with Gasteiger partial charge in [0, 0.05) is 28.7 Å². The molecule has 0 aliphatic rings. The maximum absolute atomic E-state index is 5.94. The highest BCUT2D eigenvalue weighted by Gasteiger charge is 2.15. The van der Waals surface area contributed by atoms with Crippen LogP contribution in [0.5, 0.6) is 0 Å². The minimum Gasteiger partial charge on any atom is -0.281 e. The Morgan fingerprint density at radius 2 is 2.00 bits per heavy atom. The van der Waals surface area contributed by atoms with Gasteiger partial charge in [0.25, 0.3) is 0 Å². The van der Waals surface area contributed by atoms with Gasteiger partial charge in [0.2, 0.25) is 0 Å². The number of alkyl halides is 1. The number of imidazole rings is 1. The number of fused-ring (bicyclic) bond motifs is 1. The molecule has 2 aromatic heterocycles. The van der Waals surface area contributed by atoms with Gasteiger partial charge in [0.1, 0.15) is 11.3 Å². The maximum atomic E-state index is 5.94. The summed E-state index contributed by atoms with van der Waals surface area (Å²) in [4.78, 5) is 9.25. The molecule has 2 heterocycles. The fraction of sp³-hybridized carbons (Fsp3) is 0.250. The molecule has 0 bridgehead atoms. The van der Waals surface area contributed by atoms with E-state index in [1.807, 2.05) is 12.3 Å². The van der Waals surface area contributed by atoms with E-state index in [0.29, 0.717) is 12.3 Å². The molecule has 0 atom stereocenters. The lowest BCUT2D eigenvalue weighted by Crippen LogP contribution is -2.03. The van der Waals surface area contributed by atoms with E-state index in [1.165, 1.54) is 5.56 Å². The van der Waals surface area contributed by atoms with Crippen LogP contribution in [-0.2, 0) is 6.42 Å². The first-order valence-corrected chi connectivity index (χ1v) is 8.10. The molecule has 0 fully saturated rings. The van der Waals surface area contributed by atoms with E-state index >= 15 is 0 Å². The van der Waals surface area contributed by atoms with Crippen LogP contribution in [0.4, 0.5) is 0 Å². The lowest BCUT2D eigenvalue weighted by atomic mass is 10.2. The molecule has 3 rings (SSSR count). The van der Waals surface area contributed by atoms with Crippen molar-refractivity contribution in [2.24, 2.45) is 0 Å². The van der Waals surface area contributed by atoms with Gasteiger partial charge in [-0.15, -0.1) is 11.6 Å². The highest BCUT2D eigenvalue weighted by molar-refractivity contribution is 9.10. The second-order valence-corrected chi connectivity index (χ2v) is 6.27. The summed E-state index contributed by atoms with van der Waals surface area (Å²) < 4.78 is 3.20. The summed E-state index contributed by atoms with van der Waals surface area (Å²) in [7, 11) is 0. The molecule has 5 heteroatoms. The summed E-state index contributed by atoms with van der Waals surface area (Å²) in [5, 5.41) is 0. The molecule has 0 saturated carbocycles. The van der Waals surface area contributed by atoms with Crippen molar-refractivity contribution in [3.05, 3.63) is 51.9 Å². The van der Waals surface area contributed by atoms with Crippen molar-refractivity contribution >= 4 is 38.7 Å². The standard InChI is InChI=1S/C16H15BrClN3/c1-10-6-8-19-16-15(10)20-14(5-7-18)21(16)12-3-4-13(17)11(2)9-12/h3-4,6,8-9H,5,7H2,1-2H3. The quantitative estimate of drug-likeness (QED) is 0.637. The molecule has 21 heavy (non-hydrogen) atoms. The van der Waals surface area contributed by atoms with Crippen molar-refractivity contribution in [2.45, 2.75) is 20.3 Å². The second kappa shape index (κ2) is 5.78. The third kappa shape index (κ3) is 2.58. The molecule has 1 aromatic carbocycles. The van der Waals surface area contributed by atoms with Crippen LogP contribution in [0.2, 0.25) is 0 Å². The summed E-state index contributed by atoms with van der Waals surface area (Å²) in [5.41, 5.74) is 5.20. The molecule has 0 aliphatic carbocycles. The zero-order chi connectivity index (χ0) is 15.0. The Morgan fingerprint density at radius 1 is 1.19 bits per heavy atom. The van der Waals surface area contributed by atoms with Gasteiger partial charge in [-0.3, -0.25) is 4.57 Å². The van der Waals surface area contributed by atoms with Gasteiger partial charge in [0.05, 0.1) is 0 Å². The Morgan fingerprint density at radius 3 is 2.71 bits per heavy atom. The molecular formula is C16H15BrClN3. The normalized spacial score (nSPS) is 11.2. The van der Waals surface area contributed by atoms with Gasteiger partial charge in [0.15, 0.2) is 5.65 Å². The fourth-order valence-corrected chi connectivity index (χ4v) is 2.85. The molecule has 3 aromatic rings. The van der Waals surface area contributed by atoms with Crippen molar-refractivity contribution < 1.29 is 0 Å². The predicted octanol–water partition coefficient (Wildman–Crippen LogP) is 4.58. The van der Waals surface area contributed by atoms with E-state index in [1.54, 1.807) is 0 Å². The zero-order valence-electron chi connectivity index (χ0n) is 11.9. The van der Waals surface area contributed by atoms with Gasteiger partial charge < -0.3 is 0 Å². The Labute approximate surface area is 137 Å². The van der Waals surface area contributed by atoms with Crippen molar-refractivity contribution in [1.82, 2.24) is 14.5 Å². The average molecular weight is 365 g/mol. The summed E-state index contributed by atoms with van der Waals surface area (Å²) in [6.45, 7) is 4.13. The van der Waals surface area contributed by atoms with E-state index in [-0.39, 0.29) is 0 Å². The first-order valence-electron chi connectivity index (χ1n) is 6.77. The number of halogens is 2. The third-order valence-electron chi connectivity index (χ3n) is 3.54. The van der Waals surface area contributed by atoms with Gasteiger partial charge >= 0.3 is 0 Å². The second-order valence-electron chi connectivity index (χ2n) is 5.04. The molecular weight excluding hydrogens is 350 g/mol. The molecule has 3 nitrogen and oxygen atoms in total. The Kier molecular flexibility index (Phi) is 4.00. The highest BCUT2D eigenvalue weighted by Crippen LogP contribution is 2.25. The van der Waals surface area contributed by atoms with Crippen LogP contribution in [0.1, 0.15) is 17.0 Å². The van der Waals surface area contributed by atoms with Gasteiger partial charge in [-0.25, -0.2) is 9.97 Å². The topological polar surface area (TPSA) is 30.7 Å². The number of hydrogen-bond acceptors (Lipinski definition) is 2. The molecule has 0 N–H and O–H groups in total. The van der Waals surface area contributed by atoms with Crippen LogP contribution >= 0.6 is 27.5 Å². The van der Waals surface area contributed by atoms with E-state index in [2.05, 4.69) is 57.5 Å². The first-order chi connectivity index (χ1) is 10.1. The molecule has 0 amide bonds. The van der Waals surface area contributed by atoms with Gasteiger partial charge in [-0.2, -0.15) is 0 Å². The van der Waals surface area contributed by atoms with Crippen LogP contribution in [0.15, 0.2) is 34.9 Å². The van der Waals surface area contributed by atoms with Gasteiger partial charge in [-0.05, 0) is 49.2 Å². The summed E-state index contributed by atoms with van der Waals surface area (Å²) in [6, 6.07) is 8.24. The highest BCUT2D eigenvalue weighted by atomic mass is 79.9. The van der Waals surface area contributed by atoms with E-state index in [4.69, 9.17) is 16.6 Å². The van der Waals surface area contributed by atoms with Crippen molar-refractivity contribution in [2.75, 3.05) is 5.88 Å². The van der Waals surface area contributed by atoms with Crippen LogP contribution in [-0.4, -0.2) is 20.4 Å². The smallest absolute Gasteiger partial charge is 0.164 e. The fourth-order valence-electron chi connectivity index (χ4n) is 2.43. The molecule has 108 valence electrons. The first kappa shape index (κ1) is 14.5. The SMILES string of the molecule is Cc1cc(-n2c(CCCl)nc3c(C)ccnc32)ccc1Br. The van der Waals surface area contributed by atoms with E-state index in [0.717, 1.165) is 32.7 Å². The number of benzene rings is 1. The van der Waals surface area contributed by atoms with Crippen LogP contribution < -0.4 is 0 Å². The van der Waals surface area contributed by atoms with Crippen LogP contribution in [0, 0.1) is 13.8 Å². The largest absolute Gasteiger partial charge is 0.281 e. The van der Waals surface area contributed by atoms with Crippen LogP contribution in [0.3, 0.4) is 0 Å². The number of rotatable bonds is 3. The molecule has 0 saturated heterocycles. The van der Waals surface area contributed by atoms with E-state index in [9.17, 15) is 0 Å². The number of hydrogen-bond donors (Lipinski definition) is 0. The minimum absolute atomic E-state index is 0.540. The molecule has 0 unspecified atom stereocenters. The minimum atomic E-state index is 0.540. The van der Waals surface area contributed by atoms with E-state index < -0.39 is 0 Å². The molecule has 0 radical (unpaired) electrons. The number of aryl methyl sites for hydroxylation is 3. The van der Waals surface area contributed by atoms with Crippen LogP contribution in [0.25, 0.3) is 16.9 Å². The monoisotopic (exact) mass is 363 g/mol. The summed E-state index contributed by atoms with van der Waals surface area (Å²) >= 11 is 9.48. The molecule has 0 aliphatic heterocycles. The van der Waals surface area contributed by atoms with Crippen molar-refractivity contribution in [1.29, 1.82) is 0 Å². The molecule has 0 spiro atoms. The number of nitrogens with zero attached hydrogens (tertiary/aromatic N) is 3. The maximum Gasteiger partial charge on any atom is 0.164 e. The van der Waals surface area contributed by atoms with Gasteiger partial charge in [-0.1, -0.05) is 15.9 Å². The lowest BCUT2D eigenvalue weighted by Gasteiger charge is -2.09. The predicted molar refractivity (Wildman–Crippen MR) is 90.5 cm³/mol. The number of pyridine rings is 1. The zero-order valence-corrected chi connectivity index (χ0v) is 14.2. The Hall–Kier alpha value is -1.39. The Bertz CT molecular complexity index is 811. The summed E-state index contributed by atoms with van der Waals surface area (Å²) in [5.74, 6) is 1.49. The van der Waals surface area contributed by atoms with Crippen molar-refractivity contribution in [3.63, 3.8) is 0 Å². The van der Waals surface area contributed by atoms with Crippen molar-refractivity contribution in [3.8, 4) is 5.69 Å². The summed E-state index contributed by atoms with van der Waals surface area (Å²) in [6.07, 6.45) is 2.54. The Balaban J connectivity index is 2.30. The number of aromatic nitrogens is 3. The lowest BCUT2D eigenvalue weighted by molar-refractivity contribution is 0.904. The third-order valence-corrected chi connectivity index (χ3v) is 4.61.